The Hall–Kier alpha value is -0.990. The number of benzene rings is 1. The SMILES string of the molecule is COCCN(C(C)COC)S(=O)(=O)c1ccc(CN)cc1. The highest BCUT2D eigenvalue weighted by molar-refractivity contribution is 7.89. The van der Waals surface area contributed by atoms with E-state index in [9.17, 15) is 8.42 Å². The van der Waals surface area contributed by atoms with Crippen LogP contribution in [0, 0.1) is 0 Å². The van der Waals surface area contributed by atoms with Gasteiger partial charge in [-0.05, 0) is 24.6 Å². The third-order valence-corrected chi connectivity index (χ3v) is 5.21. The Kier molecular flexibility index (Phi) is 7.27. The van der Waals surface area contributed by atoms with Gasteiger partial charge in [0.1, 0.15) is 0 Å². The quantitative estimate of drug-likeness (QED) is 0.729. The Bertz CT molecular complexity index is 516. The Morgan fingerprint density at radius 2 is 1.81 bits per heavy atom. The average Bonchev–Trinajstić information content (AvgIpc) is 2.47. The highest BCUT2D eigenvalue weighted by Crippen LogP contribution is 2.19. The lowest BCUT2D eigenvalue weighted by molar-refractivity contribution is 0.119. The monoisotopic (exact) mass is 316 g/mol. The summed E-state index contributed by atoms with van der Waals surface area (Å²) in [5.74, 6) is 0. The molecule has 21 heavy (non-hydrogen) atoms. The number of hydrogen-bond acceptors (Lipinski definition) is 5. The highest BCUT2D eigenvalue weighted by atomic mass is 32.2. The summed E-state index contributed by atoms with van der Waals surface area (Å²) in [6.07, 6.45) is 0. The molecule has 0 fully saturated rings. The lowest BCUT2D eigenvalue weighted by Gasteiger charge is -2.27. The van der Waals surface area contributed by atoms with Crippen molar-refractivity contribution in [3.8, 4) is 0 Å². The van der Waals surface area contributed by atoms with E-state index >= 15 is 0 Å². The van der Waals surface area contributed by atoms with Gasteiger partial charge >= 0.3 is 0 Å². The second-order valence-corrected chi connectivity index (χ2v) is 6.65. The first-order chi connectivity index (χ1) is 9.97. The zero-order valence-electron chi connectivity index (χ0n) is 12.8. The second-order valence-electron chi connectivity index (χ2n) is 4.76. The lowest BCUT2D eigenvalue weighted by atomic mass is 10.2. The summed E-state index contributed by atoms with van der Waals surface area (Å²) in [5.41, 5.74) is 6.42. The Labute approximate surface area is 126 Å². The summed E-state index contributed by atoms with van der Waals surface area (Å²) in [5, 5.41) is 0. The van der Waals surface area contributed by atoms with Gasteiger partial charge in [0.15, 0.2) is 0 Å². The van der Waals surface area contributed by atoms with Crippen LogP contribution < -0.4 is 5.73 Å². The fourth-order valence-corrected chi connectivity index (χ4v) is 3.62. The van der Waals surface area contributed by atoms with Gasteiger partial charge in [0.2, 0.25) is 10.0 Å². The standard InChI is InChI=1S/C14H24N2O4S/c1-12(11-20-3)16(8-9-19-2)21(17,18)14-6-4-13(10-15)5-7-14/h4-7,12H,8-11,15H2,1-3H3. The average molecular weight is 316 g/mol. The van der Waals surface area contributed by atoms with Crippen LogP contribution in [0.25, 0.3) is 0 Å². The number of rotatable bonds is 9. The molecule has 1 atom stereocenters. The topological polar surface area (TPSA) is 81.9 Å². The van der Waals surface area contributed by atoms with Gasteiger partial charge in [-0.3, -0.25) is 0 Å². The number of nitrogens with zero attached hydrogens (tertiary/aromatic N) is 1. The van der Waals surface area contributed by atoms with Gasteiger partial charge in [-0.25, -0.2) is 8.42 Å². The van der Waals surface area contributed by atoms with Crippen LogP contribution >= 0.6 is 0 Å². The highest BCUT2D eigenvalue weighted by Gasteiger charge is 2.28. The van der Waals surface area contributed by atoms with E-state index < -0.39 is 10.0 Å². The molecular formula is C14H24N2O4S. The van der Waals surface area contributed by atoms with Gasteiger partial charge in [0, 0.05) is 33.4 Å². The molecule has 0 aliphatic carbocycles. The first kappa shape index (κ1) is 18.1. The molecule has 0 amide bonds. The van der Waals surface area contributed by atoms with Gasteiger partial charge in [-0.1, -0.05) is 12.1 Å². The molecule has 6 nitrogen and oxygen atoms in total. The number of methoxy groups -OCH3 is 2. The van der Waals surface area contributed by atoms with E-state index in [1.165, 1.54) is 4.31 Å². The van der Waals surface area contributed by atoms with Crippen molar-refractivity contribution in [3.63, 3.8) is 0 Å². The summed E-state index contributed by atoms with van der Waals surface area (Å²) < 4.78 is 36.9. The predicted octanol–water partition coefficient (Wildman–Crippen LogP) is 0.817. The van der Waals surface area contributed by atoms with Crippen LogP contribution in [0.3, 0.4) is 0 Å². The summed E-state index contributed by atoms with van der Waals surface area (Å²) in [7, 11) is -0.494. The van der Waals surface area contributed by atoms with Gasteiger partial charge in [-0.2, -0.15) is 4.31 Å². The van der Waals surface area contributed by atoms with E-state index in [4.69, 9.17) is 15.2 Å². The first-order valence-electron chi connectivity index (χ1n) is 6.76. The number of ether oxygens (including phenoxy) is 2. The predicted molar refractivity (Wildman–Crippen MR) is 81.4 cm³/mol. The molecular weight excluding hydrogens is 292 g/mol. The summed E-state index contributed by atoms with van der Waals surface area (Å²) >= 11 is 0. The van der Waals surface area contributed by atoms with Gasteiger partial charge in [-0.15, -0.1) is 0 Å². The molecule has 0 aromatic heterocycles. The zero-order chi connectivity index (χ0) is 15.9. The van der Waals surface area contributed by atoms with E-state index in [0.29, 0.717) is 19.8 Å². The van der Waals surface area contributed by atoms with Crippen molar-refractivity contribution in [2.24, 2.45) is 5.73 Å². The molecule has 1 rings (SSSR count). The van der Waals surface area contributed by atoms with Crippen molar-refractivity contribution in [3.05, 3.63) is 29.8 Å². The molecule has 0 spiro atoms. The van der Waals surface area contributed by atoms with Crippen molar-refractivity contribution in [2.75, 3.05) is 34.0 Å². The minimum atomic E-state index is -3.59. The number of nitrogens with two attached hydrogens (primary N) is 1. The van der Waals surface area contributed by atoms with Crippen LogP contribution in [0.4, 0.5) is 0 Å². The first-order valence-corrected chi connectivity index (χ1v) is 8.20. The van der Waals surface area contributed by atoms with Crippen LogP contribution in [0.2, 0.25) is 0 Å². The molecule has 0 bridgehead atoms. The molecule has 7 heteroatoms. The van der Waals surface area contributed by atoms with E-state index in [0.717, 1.165) is 5.56 Å². The molecule has 120 valence electrons. The number of hydrogen-bond donors (Lipinski definition) is 1. The van der Waals surface area contributed by atoms with E-state index in [1.807, 2.05) is 6.92 Å². The smallest absolute Gasteiger partial charge is 0.243 e. The van der Waals surface area contributed by atoms with Crippen molar-refractivity contribution in [2.45, 2.75) is 24.4 Å². The minimum Gasteiger partial charge on any atom is -0.383 e. The Morgan fingerprint density at radius 3 is 2.29 bits per heavy atom. The Balaban J connectivity index is 3.06. The molecule has 1 unspecified atom stereocenters. The third kappa shape index (κ3) is 4.76. The van der Waals surface area contributed by atoms with E-state index in [1.54, 1.807) is 38.5 Å². The van der Waals surface area contributed by atoms with Crippen LogP contribution in [0.5, 0.6) is 0 Å². The van der Waals surface area contributed by atoms with Crippen molar-refractivity contribution >= 4 is 10.0 Å². The number of sulfonamides is 1. The molecule has 0 heterocycles. The van der Waals surface area contributed by atoms with Crippen LogP contribution in [0.1, 0.15) is 12.5 Å². The molecule has 0 radical (unpaired) electrons. The van der Waals surface area contributed by atoms with E-state index in [2.05, 4.69) is 0 Å². The maximum Gasteiger partial charge on any atom is 0.243 e. The summed E-state index contributed by atoms with van der Waals surface area (Å²) in [6.45, 7) is 3.12. The Morgan fingerprint density at radius 1 is 1.19 bits per heavy atom. The molecule has 2 N–H and O–H groups in total. The fraction of sp³-hybridized carbons (Fsp3) is 0.571. The molecule has 1 aromatic carbocycles. The molecule has 0 aliphatic rings. The minimum absolute atomic E-state index is 0.249. The fourth-order valence-electron chi connectivity index (χ4n) is 2.02. The second kappa shape index (κ2) is 8.45. The summed E-state index contributed by atoms with van der Waals surface area (Å²) in [4.78, 5) is 0.249. The molecule has 1 aromatic rings. The third-order valence-electron chi connectivity index (χ3n) is 3.18. The van der Waals surface area contributed by atoms with Crippen molar-refractivity contribution in [1.29, 1.82) is 0 Å². The van der Waals surface area contributed by atoms with Crippen LogP contribution in [-0.2, 0) is 26.0 Å². The normalized spacial score (nSPS) is 13.6. The van der Waals surface area contributed by atoms with Crippen LogP contribution in [-0.4, -0.2) is 52.7 Å². The van der Waals surface area contributed by atoms with Crippen LogP contribution in [0.15, 0.2) is 29.2 Å². The zero-order valence-corrected chi connectivity index (χ0v) is 13.6. The van der Waals surface area contributed by atoms with Gasteiger partial charge in [0.25, 0.3) is 0 Å². The molecule has 0 aliphatic heterocycles. The summed E-state index contributed by atoms with van der Waals surface area (Å²) in [6, 6.07) is 6.34. The maximum absolute atomic E-state index is 12.7. The van der Waals surface area contributed by atoms with Crippen molar-refractivity contribution < 1.29 is 17.9 Å². The largest absolute Gasteiger partial charge is 0.383 e. The van der Waals surface area contributed by atoms with Crippen molar-refractivity contribution in [1.82, 2.24) is 4.31 Å². The van der Waals surface area contributed by atoms with Gasteiger partial charge < -0.3 is 15.2 Å². The van der Waals surface area contributed by atoms with E-state index in [-0.39, 0.29) is 17.5 Å². The lowest BCUT2D eigenvalue weighted by Crippen LogP contribution is -2.42. The molecule has 0 saturated carbocycles. The maximum atomic E-state index is 12.7. The van der Waals surface area contributed by atoms with Gasteiger partial charge in [0.05, 0.1) is 18.1 Å². The molecule has 0 saturated heterocycles.